The fourth-order valence-corrected chi connectivity index (χ4v) is 6.74. The van der Waals surface area contributed by atoms with E-state index in [0.717, 1.165) is 0 Å². The summed E-state index contributed by atoms with van der Waals surface area (Å²) >= 11 is 0. The third-order valence-corrected chi connectivity index (χ3v) is 8.89. The van der Waals surface area contributed by atoms with Crippen LogP contribution in [0.2, 0.25) is 0 Å². The topological polar surface area (TPSA) is 123 Å². The molecule has 190 valence electrons. The van der Waals surface area contributed by atoms with Crippen LogP contribution in [0, 0.1) is 29.0 Å². The fraction of sp³-hybridized carbons (Fsp3) is 0.609. The molecule has 0 saturated carbocycles. The van der Waals surface area contributed by atoms with E-state index in [9.17, 15) is 22.4 Å². The van der Waals surface area contributed by atoms with Crippen LogP contribution >= 0.6 is 0 Å². The van der Waals surface area contributed by atoms with E-state index < -0.39 is 28.0 Å². The van der Waals surface area contributed by atoms with Crippen LogP contribution in [0.4, 0.5) is 4.39 Å². The quantitative estimate of drug-likeness (QED) is 0.584. The first-order valence-electron chi connectivity index (χ1n) is 11.8. The molecule has 1 aromatic rings. The van der Waals surface area contributed by atoms with E-state index in [-0.39, 0.29) is 43.9 Å². The lowest BCUT2D eigenvalue weighted by molar-refractivity contribution is -0.142. The summed E-state index contributed by atoms with van der Waals surface area (Å²) in [5.74, 6) is -1.34. The first-order valence-corrected chi connectivity index (χ1v) is 13.2. The molecule has 0 spiro atoms. The summed E-state index contributed by atoms with van der Waals surface area (Å²) in [6, 6.07) is 5.48. The van der Waals surface area contributed by atoms with Crippen molar-refractivity contribution in [1.82, 2.24) is 18.8 Å². The molecular formula is C23H30FN5O5S. The van der Waals surface area contributed by atoms with E-state index in [1.165, 1.54) is 33.9 Å². The summed E-state index contributed by atoms with van der Waals surface area (Å²) < 4.78 is 47.3. The van der Waals surface area contributed by atoms with Gasteiger partial charge in [0.1, 0.15) is 17.6 Å². The molecule has 3 fully saturated rings. The van der Waals surface area contributed by atoms with Gasteiger partial charge in [-0.1, -0.05) is 0 Å². The van der Waals surface area contributed by atoms with Crippen LogP contribution in [0.1, 0.15) is 31.2 Å². The summed E-state index contributed by atoms with van der Waals surface area (Å²) in [4.78, 5) is 27.8. The number of halogens is 1. The van der Waals surface area contributed by atoms with Crippen molar-refractivity contribution >= 4 is 22.0 Å². The minimum absolute atomic E-state index is 0.0628. The summed E-state index contributed by atoms with van der Waals surface area (Å²) in [5, 5.41) is 11.7. The summed E-state index contributed by atoms with van der Waals surface area (Å²) in [6.07, 6.45) is 2.29. The van der Waals surface area contributed by atoms with Crippen LogP contribution in [0.25, 0.3) is 0 Å². The number of methoxy groups -OCH3 is 1. The van der Waals surface area contributed by atoms with Gasteiger partial charge in [-0.15, -0.1) is 0 Å². The Morgan fingerprint density at radius 2 is 1.91 bits per heavy atom. The van der Waals surface area contributed by atoms with Gasteiger partial charge in [0.2, 0.25) is 11.8 Å². The second kappa shape index (κ2) is 10.5. The van der Waals surface area contributed by atoms with Gasteiger partial charge in [-0.3, -0.25) is 9.59 Å². The normalized spacial score (nSPS) is 24.0. The predicted octanol–water partition coefficient (Wildman–Crippen LogP) is 0.854. The molecule has 10 nitrogen and oxygen atoms in total. The van der Waals surface area contributed by atoms with Crippen LogP contribution in [0.5, 0.6) is 5.75 Å². The molecule has 2 amide bonds. The highest BCUT2D eigenvalue weighted by atomic mass is 32.2. The van der Waals surface area contributed by atoms with Gasteiger partial charge < -0.3 is 15.0 Å². The third-order valence-electron chi connectivity index (χ3n) is 6.95. The Kier molecular flexibility index (Phi) is 7.59. The molecule has 12 heteroatoms. The lowest BCUT2D eigenvalue weighted by atomic mass is 9.97. The number of piperidine rings is 1. The van der Waals surface area contributed by atoms with Crippen molar-refractivity contribution in [2.45, 2.75) is 38.3 Å². The van der Waals surface area contributed by atoms with E-state index in [1.807, 2.05) is 0 Å². The minimum atomic E-state index is -3.71. The highest BCUT2D eigenvalue weighted by Gasteiger charge is 2.44. The molecule has 1 aromatic carbocycles. The number of rotatable bonds is 7. The molecule has 2 atom stereocenters. The van der Waals surface area contributed by atoms with Gasteiger partial charge in [0.05, 0.1) is 25.0 Å². The number of hydrogen-bond acceptors (Lipinski definition) is 6. The zero-order valence-electron chi connectivity index (χ0n) is 19.7. The summed E-state index contributed by atoms with van der Waals surface area (Å²) in [5.41, 5.74) is 0.495. The summed E-state index contributed by atoms with van der Waals surface area (Å²) in [6.45, 7) is 1.25. The molecule has 3 aliphatic heterocycles. The first kappa shape index (κ1) is 25.3. The SMILES string of the molecule is COc1ccc(F)cc1CNC(=O)[C@H]1CCCN1C(=O)[C@H]1CCCN(S(=O)(=O)N2CC(C#N)C2)C1. The summed E-state index contributed by atoms with van der Waals surface area (Å²) in [7, 11) is -2.25. The molecule has 3 heterocycles. The van der Waals surface area contributed by atoms with E-state index >= 15 is 0 Å². The third kappa shape index (κ3) is 5.27. The molecule has 1 N–H and O–H groups in total. The Balaban J connectivity index is 1.37. The van der Waals surface area contributed by atoms with Gasteiger partial charge in [0, 0.05) is 44.8 Å². The van der Waals surface area contributed by atoms with E-state index in [0.29, 0.717) is 50.1 Å². The van der Waals surface area contributed by atoms with Gasteiger partial charge in [-0.25, -0.2) is 4.39 Å². The maximum absolute atomic E-state index is 13.6. The average molecular weight is 508 g/mol. The van der Waals surface area contributed by atoms with E-state index in [1.54, 1.807) is 4.90 Å². The molecule has 0 bridgehead atoms. The Bertz CT molecular complexity index is 1120. The van der Waals surface area contributed by atoms with Gasteiger partial charge in [-0.05, 0) is 43.9 Å². The van der Waals surface area contributed by atoms with Crippen molar-refractivity contribution in [3.8, 4) is 11.8 Å². The van der Waals surface area contributed by atoms with Crippen LogP contribution in [-0.4, -0.2) is 79.6 Å². The number of ether oxygens (including phenoxy) is 1. The molecule has 4 rings (SSSR count). The first-order chi connectivity index (χ1) is 16.7. The number of likely N-dealkylation sites (tertiary alicyclic amines) is 1. The van der Waals surface area contributed by atoms with Crippen LogP contribution in [0.15, 0.2) is 18.2 Å². The Hall–Kier alpha value is -2.75. The Labute approximate surface area is 204 Å². The van der Waals surface area contributed by atoms with Crippen molar-refractivity contribution < 1.29 is 27.1 Å². The van der Waals surface area contributed by atoms with Crippen molar-refractivity contribution in [1.29, 1.82) is 5.26 Å². The lowest BCUT2D eigenvalue weighted by Crippen LogP contribution is -2.57. The van der Waals surface area contributed by atoms with Crippen LogP contribution < -0.4 is 10.1 Å². The zero-order chi connectivity index (χ0) is 25.2. The number of benzene rings is 1. The molecule has 0 radical (unpaired) electrons. The zero-order valence-corrected chi connectivity index (χ0v) is 20.5. The second-order valence-electron chi connectivity index (χ2n) is 9.21. The number of nitrogens with one attached hydrogen (secondary N) is 1. The number of nitrogens with zero attached hydrogens (tertiary/aromatic N) is 4. The Morgan fingerprint density at radius 1 is 1.17 bits per heavy atom. The number of hydrogen-bond donors (Lipinski definition) is 1. The largest absolute Gasteiger partial charge is 0.496 e. The molecule has 35 heavy (non-hydrogen) atoms. The van der Waals surface area contributed by atoms with Crippen molar-refractivity contribution in [3.63, 3.8) is 0 Å². The maximum Gasteiger partial charge on any atom is 0.282 e. The minimum Gasteiger partial charge on any atom is -0.496 e. The fourth-order valence-electron chi connectivity index (χ4n) is 4.95. The average Bonchev–Trinajstić information content (AvgIpc) is 3.31. The standard InChI is InChI=1S/C23H30FN5O5S/c1-34-21-7-6-19(24)10-18(21)12-26-22(30)20-5-3-9-29(20)23(31)17-4-2-8-27(15-17)35(32,33)28-13-16(11-25)14-28/h6-7,10,16-17,20H,2-5,8-9,12-15H2,1H3,(H,26,30)/t17-,20+/m0/s1. The number of carbonyl (C=O) groups excluding carboxylic acids is 2. The smallest absolute Gasteiger partial charge is 0.282 e. The predicted molar refractivity (Wildman–Crippen MR) is 123 cm³/mol. The van der Waals surface area contributed by atoms with Gasteiger partial charge in [0.15, 0.2) is 0 Å². The lowest BCUT2D eigenvalue weighted by Gasteiger charge is -2.41. The number of nitriles is 1. The molecular weight excluding hydrogens is 477 g/mol. The molecule has 0 aromatic heterocycles. The van der Waals surface area contributed by atoms with E-state index in [4.69, 9.17) is 10.00 Å². The van der Waals surface area contributed by atoms with Crippen molar-refractivity contribution in [2.75, 3.05) is 39.8 Å². The Morgan fingerprint density at radius 3 is 2.63 bits per heavy atom. The highest BCUT2D eigenvalue weighted by molar-refractivity contribution is 7.86. The monoisotopic (exact) mass is 507 g/mol. The molecule has 3 aliphatic rings. The molecule has 0 unspecified atom stereocenters. The van der Waals surface area contributed by atoms with Gasteiger partial charge in [0.25, 0.3) is 10.2 Å². The van der Waals surface area contributed by atoms with Crippen LogP contribution in [-0.2, 0) is 26.3 Å². The molecule has 3 saturated heterocycles. The number of carbonyl (C=O) groups is 2. The van der Waals surface area contributed by atoms with Gasteiger partial charge >= 0.3 is 0 Å². The van der Waals surface area contributed by atoms with Crippen molar-refractivity contribution in [3.05, 3.63) is 29.6 Å². The van der Waals surface area contributed by atoms with Gasteiger partial charge in [-0.2, -0.15) is 22.3 Å². The van der Waals surface area contributed by atoms with E-state index in [2.05, 4.69) is 11.4 Å². The van der Waals surface area contributed by atoms with Crippen LogP contribution in [0.3, 0.4) is 0 Å². The number of amides is 2. The maximum atomic E-state index is 13.6. The molecule has 0 aliphatic carbocycles. The highest BCUT2D eigenvalue weighted by Crippen LogP contribution is 2.29. The van der Waals surface area contributed by atoms with Crippen molar-refractivity contribution in [2.24, 2.45) is 11.8 Å². The second-order valence-corrected chi connectivity index (χ2v) is 11.1.